The number of carbonyl (C=O) groups excluding carboxylic acids is 2. The molecular formula is C16H16N4O2S. The van der Waals surface area contributed by atoms with Gasteiger partial charge in [0.1, 0.15) is 5.01 Å². The Morgan fingerprint density at radius 1 is 1.30 bits per heavy atom. The maximum Gasteiger partial charge on any atom is 0.250 e. The molecule has 0 bridgehead atoms. The smallest absolute Gasteiger partial charge is 0.250 e. The van der Waals surface area contributed by atoms with E-state index >= 15 is 0 Å². The summed E-state index contributed by atoms with van der Waals surface area (Å²) in [5.74, 6) is -0.0834. The highest BCUT2D eigenvalue weighted by atomic mass is 32.1. The zero-order chi connectivity index (χ0) is 16.2. The molecule has 2 heterocycles. The van der Waals surface area contributed by atoms with Crippen LogP contribution >= 0.6 is 11.3 Å². The molecule has 1 N–H and O–H groups in total. The molecule has 1 saturated heterocycles. The highest BCUT2D eigenvalue weighted by Crippen LogP contribution is 2.22. The SMILES string of the molecule is Cc1nnc(NC(=O)/C=C/c2ccc(N3CCCC3=O)cc2)s1. The average molecular weight is 328 g/mol. The van der Waals surface area contributed by atoms with Gasteiger partial charge in [-0.15, -0.1) is 10.2 Å². The van der Waals surface area contributed by atoms with Gasteiger partial charge in [0.05, 0.1) is 0 Å². The largest absolute Gasteiger partial charge is 0.312 e. The van der Waals surface area contributed by atoms with Crippen molar-refractivity contribution in [1.29, 1.82) is 0 Å². The Balaban J connectivity index is 1.61. The summed E-state index contributed by atoms with van der Waals surface area (Å²) in [6.45, 7) is 2.60. The maximum atomic E-state index is 11.8. The van der Waals surface area contributed by atoms with Crippen LogP contribution in [0.15, 0.2) is 30.3 Å². The van der Waals surface area contributed by atoms with Gasteiger partial charge in [-0.3, -0.25) is 14.9 Å². The van der Waals surface area contributed by atoms with Crippen molar-refractivity contribution in [2.75, 3.05) is 16.8 Å². The summed E-state index contributed by atoms with van der Waals surface area (Å²) < 4.78 is 0. The van der Waals surface area contributed by atoms with Gasteiger partial charge in [0.25, 0.3) is 0 Å². The number of hydrogen-bond donors (Lipinski definition) is 1. The first-order chi connectivity index (χ1) is 11.1. The zero-order valence-corrected chi connectivity index (χ0v) is 13.5. The zero-order valence-electron chi connectivity index (χ0n) is 12.7. The minimum Gasteiger partial charge on any atom is -0.312 e. The number of amides is 2. The van der Waals surface area contributed by atoms with Gasteiger partial charge in [-0.05, 0) is 37.1 Å². The first-order valence-electron chi connectivity index (χ1n) is 7.31. The van der Waals surface area contributed by atoms with E-state index in [2.05, 4.69) is 15.5 Å². The van der Waals surface area contributed by atoms with Gasteiger partial charge in [0.15, 0.2) is 0 Å². The third kappa shape index (κ3) is 3.81. The molecule has 1 aliphatic rings. The number of aromatic nitrogens is 2. The van der Waals surface area contributed by atoms with E-state index in [4.69, 9.17) is 0 Å². The quantitative estimate of drug-likeness (QED) is 0.876. The van der Waals surface area contributed by atoms with Crippen LogP contribution in [-0.4, -0.2) is 28.6 Å². The highest BCUT2D eigenvalue weighted by molar-refractivity contribution is 7.15. The predicted octanol–water partition coefficient (Wildman–Crippen LogP) is 2.63. The normalized spacial score (nSPS) is 14.7. The van der Waals surface area contributed by atoms with Crippen LogP contribution < -0.4 is 10.2 Å². The van der Waals surface area contributed by atoms with Crippen molar-refractivity contribution in [1.82, 2.24) is 10.2 Å². The second kappa shape index (κ2) is 6.70. The molecule has 7 heteroatoms. The summed E-state index contributed by atoms with van der Waals surface area (Å²) in [5, 5.41) is 11.6. The standard InChI is InChI=1S/C16H16N4O2S/c1-11-18-19-16(23-11)17-14(21)9-6-12-4-7-13(8-5-12)20-10-2-3-15(20)22/h4-9H,2-3,10H2,1H3,(H,17,19,21)/b9-6+. The van der Waals surface area contributed by atoms with Gasteiger partial charge in [0, 0.05) is 24.7 Å². The molecule has 2 amide bonds. The lowest BCUT2D eigenvalue weighted by Gasteiger charge is -2.15. The molecule has 1 fully saturated rings. The van der Waals surface area contributed by atoms with Crippen molar-refractivity contribution in [2.24, 2.45) is 0 Å². The fourth-order valence-corrected chi connectivity index (χ4v) is 2.95. The molecule has 0 aliphatic carbocycles. The lowest BCUT2D eigenvalue weighted by atomic mass is 10.2. The molecule has 1 aromatic heterocycles. The third-order valence-electron chi connectivity index (χ3n) is 3.46. The molecule has 23 heavy (non-hydrogen) atoms. The Kier molecular flexibility index (Phi) is 4.47. The molecule has 2 aromatic rings. The van der Waals surface area contributed by atoms with Gasteiger partial charge >= 0.3 is 0 Å². The van der Waals surface area contributed by atoms with Crippen molar-refractivity contribution in [3.63, 3.8) is 0 Å². The van der Waals surface area contributed by atoms with Gasteiger partial charge < -0.3 is 4.90 Å². The third-order valence-corrected chi connectivity index (χ3v) is 4.22. The van der Waals surface area contributed by atoms with E-state index in [-0.39, 0.29) is 11.8 Å². The number of nitrogens with one attached hydrogen (secondary N) is 1. The van der Waals surface area contributed by atoms with Crippen LogP contribution in [0.25, 0.3) is 6.08 Å². The second-order valence-electron chi connectivity index (χ2n) is 5.19. The van der Waals surface area contributed by atoms with Crippen molar-refractivity contribution in [3.8, 4) is 0 Å². The van der Waals surface area contributed by atoms with Crippen LogP contribution in [0.4, 0.5) is 10.8 Å². The van der Waals surface area contributed by atoms with E-state index in [1.165, 1.54) is 17.4 Å². The van der Waals surface area contributed by atoms with Gasteiger partial charge in [-0.1, -0.05) is 23.5 Å². The Morgan fingerprint density at radius 3 is 2.70 bits per heavy atom. The van der Waals surface area contributed by atoms with Crippen LogP contribution in [0.5, 0.6) is 0 Å². The molecule has 3 rings (SSSR count). The molecular weight excluding hydrogens is 312 g/mol. The van der Waals surface area contributed by atoms with Gasteiger partial charge in [-0.25, -0.2) is 0 Å². The minimum atomic E-state index is -0.250. The second-order valence-corrected chi connectivity index (χ2v) is 6.37. The van der Waals surface area contributed by atoms with Crippen molar-refractivity contribution < 1.29 is 9.59 Å². The van der Waals surface area contributed by atoms with E-state index in [1.807, 2.05) is 31.2 Å². The van der Waals surface area contributed by atoms with Crippen LogP contribution in [0.3, 0.4) is 0 Å². The molecule has 0 saturated carbocycles. The monoisotopic (exact) mass is 328 g/mol. The summed E-state index contributed by atoms with van der Waals surface area (Å²) >= 11 is 1.33. The molecule has 1 aromatic carbocycles. The number of carbonyl (C=O) groups is 2. The summed E-state index contributed by atoms with van der Waals surface area (Å²) in [6, 6.07) is 7.57. The van der Waals surface area contributed by atoms with E-state index in [1.54, 1.807) is 11.0 Å². The van der Waals surface area contributed by atoms with Crippen LogP contribution in [0.1, 0.15) is 23.4 Å². The number of aryl methyl sites for hydroxylation is 1. The van der Waals surface area contributed by atoms with E-state index in [0.717, 1.165) is 29.2 Å². The predicted molar refractivity (Wildman–Crippen MR) is 90.3 cm³/mol. The molecule has 0 unspecified atom stereocenters. The lowest BCUT2D eigenvalue weighted by molar-refractivity contribution is -0.117. The fourth-order valence-electron chi connectivity index (χ4n) is 2.35. The first-order valence-corrected chi connectivity index (χ1v) is 8.13. The number of nitrogens with zero attached hydrogens (tertiary/aromatic N) is 3. The Labute approximate surface area is 137 Å². The molecule has 1 aliphatic heterocycles. The Hall–Kier alpha value is -2.54. The Morgan fingerprint density at radius 2 is 2.09 bits per heavy atom. The topological polar surface area (TPSA) is 75.2 Å². The van der Waals surface area contributed by atoms with Crippen molar-refractivity contribution in [3.05, 3.63) is 40.9 Å². The van der Waals surface area contributed by atoms with Gasteiger partial charge in [-0.2, -0.15) is 0 Å². The lowest BCUT2D eigenvalue weighted by Crippen LogP contribution is -2.23. The highest BCUT2D eigenvalue weighted by Gasteiger charge is 2.21. The summed E-state index contributed by atoms with van der Waals surface area (Å²) in [4.78, 5) is 25.3. The van der Waals surface area contributed by atoms with E-state index in [0.29, 0.717) is 11.6 Å². The maximum absolute atomic E-state index is 11.8. The number of benzene rings is 1. The number of anilines is 2. The molecule has 0 atom stereocenters. The van der Waals surface area contributed by atoms with Crippen LogP contribution in [0.2, 0.25) is 0 Å². The minimum absolute atomic E-state index is 0.167. The molecule has 6 nitrogen and oxygen atoms in total. The molecule has 0 spiro atoms. The van der Waals surface area contributed by atoms with Crippen LogP contribution in [-0.2, 0) is 9.59 Å². The average Bonchev–Trinajstić information content (AvgIpc) is 3.14. The first kappa shape index (κ1) is 15.4. The number of rotatable bonds is 4. The van der Waals surface area contributed by atoms with Crippen molar-refractivity contribution in [2.45, 2.75) is 19.8 Å². The molecule has 118 valence electrons. The van der Waals surface area contributed by atoms with Crippen molar-refractivity contribution >= 4 is 40.0 Å². The fraction of sp³-hybridized carbons (Fsp3) is 0.250. The summed E-state index contributed by atoms with van der Waals surface area (Å²) in [5.41, 5.74) is 1.79. The summed E-state index contributed by atoms with van der Waals surface area (Å²) in [6.07, 6.45) is 4.70. The van der Waals surface area contributed by atoms with Gasteiger partial charge in [0.2, 0.25) is 16.9 Å². The number of hydrogen-bond acceptors (Lipinski definition) is 5. The summed E-state index contributed by atoms with van der Waals surface area (Å²) in [7, 11) is 0. The van der Waals surface area contributed by atoms with E-state index < -0.39 is 0 Å². The van der Waals surface area contributed by atoms with E-state index in [9.17, 15) is 9.59 Å². The van der Waals surface area contributed by atoms with Crippen LogP contribution in [0, 0.1) is 6.92 Å². The molecule has 0 radical (unpaired) electrons. The Bertz CT molecular complexity index is 752.